The maximum Gasteiger partial charge on any atom is 0.224 e. The van der Waals surface area contributed by atoms with Gasteiger partial charge in [0.15, 0.2) is 0 Å². The number of rotatable bonds is 4. The summed E-state index contributed by atoms with van der Waals surface area (Å²) in [4.78, 5) is 12.2. The summed E-state index contributed by atoms with van der Waals surface area (Å²) in [5.41, 5.74) is 2.67. The summed E-state index contributed by atoms with van der Waals surface area (Å²) in [6, 6.07) is 7.92. The van der Waals surface area contributed by atoms with Crippen molar-refractivity contribution in [2.45, 2.75) is 45.1 Å². The summed E-state index contributed by atoms with van der Waals surface area (Å²) < 4.78 is 5.08. The fourth-order valence-corrected chi connectivity index (χ4v) is 3.30. The van der Waals surface area contributed by atoms with E-state index in [4.69, 9.17) is 4.52 Å². The van der Waals surface area contributed by atoms with E-state index in [1.54, 1.807) is 6.92 Å². The molecule has 0 radical (unpaired) electrons. The van der Waals surface area contributed by atoms with Crippen LogP contribution in [0.5, 0.6) is 0 Å². The minimum absolute atomic E-state index is 0.129. The Morgan fingerprint density at radius 3 is 2.91 bits per heavy atom. The van der Waals surface area contributed by atoms with Gasteiger partial charge in [-0.15, -0.1) is 0 Å². The van der Waals surface area contributed by atoms with Gasteiger partial charge in [-0.2, -0.15) is 0 Å². The highest BCUT2D eigenvalue weighted by Crippen LogP contribution is 2.34. The van der Waals surface area contributed by atoms with Crippen molar-refractivity contribution in [3.63, 3.8) is 0 Å². The second-order valence-corrected chi connectivity index (χ2v) is 6.30. The lowest BCUT2D eigenvalue weighted by molar-refractivity contribution is -0.122. The molecule has 1 atom stereocenters. The average molecular weight is 314 g/mol. The number of hydrogen-bond donors (Lipinski definition) is 2. The molecule has 3 rings (SSSR count). The fourth-order valence-electron chi connectivity index (χ4n) is 3.30. The van der Waals surface area contributed by atoms with Gasteiger partial charge in [0.05, 0.1) is 18.7 Å². The van der Waals surface area contributed by atoms with Gasteiger partial charge in [0.1, 0.15) is 11.4 Å². The Balaban J connectivity index is 1.68. The summed E-state index contributed by atoms with van der Waals surface area (Å²) in [6.07, 6.45) is 2.78. The number of carbonyl (C=O) groups is 1. The number of aliphatic hydroxyl groups is 1. The highest BCUT2D eigenvalue weighted by molar-refractivity contribution is 5.79. The molecule has 1 amide bonds. The van der Waals surface area contributed by atoms with Crippen LogP contribution in [-0.2, 0) is 23.2 Å². The number of nitrogens with one attached hydrogen (secondary N) is 1. The van der Waals surface area contributed by atoms with Gasteiger partial charge in [-0.05, 0) is 44.2 Å². The van der Waals surface area contributed by atoms with Crippen LogP contribution in [-0.4, -0.2) is 22.7 Å². The fraction of sp³-hybridized carbons (Fsp3) is 0.444. The third-order valence-electron chi connectivity index (χ3n) is 4.65. The molecule has 0 unspecified atom stereocenters. The Morgan fingerprint density at radius 2 is 2.17 bits per heavy atom. The maximum absolute atomic E-state index is 12.2. The van der Waals surface area contributed by atoms with Crippen molar-refractivity contribution in [2.24, 2.45) is 0 Å². The molecule has 5 heteroatoms. The lowest BCUT2D eigenvalue weighted by atomic mass is 9.79. The van der Waals surface area contributed by atoms with Gasteiger partial charge in [0, 0.05) is 5.56 Å². The van der Waals surface area contributed by atoms with E-state index in [2.05, 4.69) is 10.5 Å². The van der Waals surface area contributed by atoms with Gasteiger partial charge in [0.2, 0.25) is 5.91 Å². The Bertz CT molecular complexity index is 703. The lowest BCUT2D eigenvalue weighted by Gasteiger charge is -2.34. The van der Waals surface area contributed by atoms with Crippen LogP contribution in [0.2, 0.25) is 0 Å². The van der Waals surface area contributed by atoms with E-state index in [-0.39, 0.29) is 18.9 Å². The Kier molecular flexibility index (Phi) is 4.22. The Hall–Kier alpha value is -2.14. The van der Waals surface area contributed by atoms with Crippen molar-refractivity contribution in [3.8, 4) is 0 Å². The van der Waals surface area contributed by atoms with Crippen LogP contribution in [0, 0.1) is 13.8 Å². The van der Waals surface area contributed by atoms with Crippen molar-refractivity contribution in [1.82, 2.24) is 10.5 Å². The minimum atomic E-state index is -0.983. The normalized spacial score (nSPS) is 20.1. The average Bonchev–Trinajstić information content (AvgIpc) is 2.86. The van der Waals surface area contributed by atoms with Crippen LogP contribution in [0.4, 0.5) is 0 Å². The van der Waals surface area contributed by atoms with E-state index in [0.29, 0.717) is 12.2 Å². The van der Waals surface area contributed by atoms with Crippen molar-refractivity contribution in [2.75, 3.05) is 6.54 Å². The number of fused-ring (bicyclic) bond motifs is 1. The topological polar surface area (TPSA) is 75.4 Å². The molecule has 1 aromatic carbocycles. The molecule has 0 spiro atoms. The van der Waals surface area contributed by atoms with E-state index in [1.807, 2.05) is 31.2 Å². The molecule has 1 heterocycles. The number of aromatic nitrogens is 1. The third kappa shape index (κ3) is 3.15. The predicted molar refractivity (Wildman–Crippen MR) is 86.0 cm³/mol. The smallest absolute Gasteiger partial charge is 0.224 e. The van der Waals surface area contributed by atoms with Crippen LogP contribution in [0.25, 0.3) is 0 Å². The lowest BCUT2D eigenvalue weighted by Crippen LogP contribution is -2.43. The molecule has 0 bridgehead atoms. The zero-order chi connectivity index (χ0) is 16.4. The summed E-state index contributed by atoms with van der Waals surface area (Å²) in [7, 11) is 0. The van der Waals surface area contributed by atoms with E-state index < -0.39 is 5.60 Å². The monoisotopic (exact) mass is 314 g/mol. The van der Waals surface area contributed by atoms with Gasteiger partial charge in [-0.25, -0.2) is 0 Å². The zero-order valence-electron chi connectivity index (χ0n) is 13.6. The standard InChI is InChI=1S/C18H22N2O3/c1-12-15(13(2)23-20-12)10-17(21)19-11-18(22)9-5-7-14-6-3-4-8-16(14)18/h3-4,6,8,22H,5,7,9-11H2,1-2H3,(H,19,21)/t18-/m0/s1. The molecule has 2 N–H and O–H groups in total. The van der Waals surface area contributed by atoms with Gasteiger partial charge < -0.3 is 14.9 Å². The molecule has 1 aliphatic carbocycles. The van der Waals surface area contributed by atoms with Crippen LogP contribution in [0.3, 0.4) is 0 Å². The minimum Gasteiger partial charge on any atom is -0.383 e. The van der Waals surface area contributed by atoms with Gasteiger partial charge in [-0.1, -0.05) is 29.4 Å². The van der Waals surface area contributed by atoms with Gasteiger partial charge >= 0.3 is 0 Å². The van der Waals surface area contributed by atoms with Crippen LogP contribution < -0.4 is 5.32 Å². The number of aryl methyl sites for hydroxylation is 3. The second kappa shape index (κ2) is 6.16. The van der Waals surface area contributed by atoms with Crippen molar-refractivity contribution in [3.05, 3.63) is 52.4 Å². The molecule has 0 fully saturated rings. The van der Waals surface area contributed by atoms with E-state index >= 15 is 0 Å². The van der Waals surface area contributed by atoms with Crippen LogP contribution in [0.15, 0.2) is 28.8 Å². The van der Waals surface area contributed by atoms with Crippen LogP contribution >= 0.6 is 0 Å². The molecular formula is C18H22N2O3. The maximum atomic E-state index is 12.2. The summed E-state index contributed by atoms with van der Waals surface area (Å²) in [5.74, 6) is 0.537. The second-order valence-electron chi connectivity index (χ2n) is 6.30. The first-order chi connectivity index (χ1) is 11.0. The largest absolute Gasteiger partial charge is 0.383 e. The molecular weight excluding hydrogens is 292 g/mol. The number of hydrogen-bond acceptors (Lipinski definition) is 4. The molecule has 122 valence electrons. The molecule has 5 nitrogen and oxygen atoms in total. The molecule has 1 aromatic heterocycles. The molecule has 23 heavy (non-hydrogen) atoms. The molecule has 0 saturated heterocycles. The van der Waals surface area contributed by atoms with E-state index in [0.717, 1.165) is 29.7 Å². The summed E-state index contributed by atoms with van der Waals surface area (Å²) >= 11 is 0. The predicted octanol–water partition coefficient (Wildman–Crippen LogP) is 2.17. The first-order valence-corrected chi connectivity index (χ1v) is 7.99. The summed E-state index contributed by atoms with van der Waals surface area (Å²) in [5, 5.41) is 17.7. The molecule has 0 aliphatic heterocycles. The number of amides is 1. The number of carbonyl (C=O) groups excluding carboxylic acids is 1. The highest BCUT2D eigenvalue weighted by Gasteiger charge is 2.34. The molecule has 0 saturated carbocycles. The van der Waals surface area contributed by atoms with Crippen molar-refractivity contribution in [1.29, 1.82) is 0 Å². The van der Waals surface area contributed by atoms with E-state index in [9.17, 15) is 9.90 Å². The third-order valence-corrected chi connectivity index (χ3v) is 4.65. The van der Waals surface area contributed by atoms with Crippen molar-refractivity contribution < 1.29 is 14.4 Å². The van der Waals surface area contributed by atoms with E-state index in [1.165, 1.54) is 5.56 Å². The SMILES string of the molecule is Cc1noc(C)c1CC(=O)NC[C@@]1(O)CCCc2ccccc21. The molecule has 1 aliphatic rings. The number of nitrogens with zero attached hydrogens (tertiary/aromatic N) is 1. The quantitative estimate of drug-likeness (QED) is 0.907. The number of benzene rings is 1. The Morgan fingerprint density at radius 1 is 1.39 bits per heavy atom. The van der Waals surface area contributed by atoms with Crippen molar-refractivity contribution >= 4 is 5.91 Å². The summed E-state index contributed by atoms with van der Waals surface area (Å²) in [6.45, 7) is 3.85. The van der Waals surface area contributed by atoms with Crippen LogP contribution in [0.1, 0.15) is 41.0 Å². The first-order valence-electron chi connectivity index (χ1n) is 7.99. The first kappa shape index (κ1) is 15.7. The van der Waals surface area contributed by atoms with Gasteiger partial charge in [-0.3, -0.25) is 4.79 Å². The van der Waals surface area contributed by atoms with Gasteiger partial charge in [0.25, 0.3) is 0 Å². The Labute approximate surface area is 135 Å². The molecule has 2 aromatic rings. The zero-order valence-corrected chi connectivity index (χ0v) is 13.6. The highest BCUT2D eigenvalue weighted by atomic mass is 16.5.